The summed E-state index contributed by atoms with van der Waals surface area (Å²) in [6.07, 6.45) is 1.73. The lowest BCUT2D eigenvalue weighted by atomic mass is 10.2. The van der Waals surface area contributed by atoms with E-state index >= 15 is 0 Å². The quantitative estimate of drug-likeness (QED) is 0.573. The van der Waals surface area contributed by atoms with Crippen molar-refractivity contribution in [1.82, 2.24) is 9.55 Å². The van der Waals surface area contributed by atoms with Crippen LogP contribution in [0, 0.1) is 5.92 Å². The predicted octanol–water partition coefficient (Wildman–Crippen LogP) is 2.13. The van der Waals surface area contributed by atoms with Gasteiger partial charge in [-0.15, -0.1) is 0 Å². The number of aromatic nitrogens is 2. The zero-order valence-corrected chi connectivity index (χ0v) is 9.60. The van der Waals surface area contributed by atoms with Crippen molar-refractivity contribution in [2.45, 2.75) is 13.8 Å². The second-order valence-electron chi connectivity index (χ2n) is 4.08. The van der Waals surface area contributed by atoms with E-state index in [0.717, 1.165) is 11.0 Å². The summed E-state index contributed by atoms with van der Waals surface area (Å²) in [6.45, 7) is 3.61. The molecule has 0 aliphatic rings. The molecule has 0 aliphatic heterocycles. The first kappa shape index (κ1) is 10.7. The molecule has 1 aromatic heterocycles. The highest BCUT2D eigenvalue weighted by molar-refractivity contribution is 5.79. The average Bonchev–Trinajstić information content (AvgIpc) is 2.60. The molecule has 1 heterocycles. The average molecular weight is 218 g/mol. The molecule has 16 heavy (non-hydrogen) atoms. The molecule has 0 aliphatic carbocycles. The smallest absolute Gasteiger partial charge is 0.313 e. The molecule has 0 unspecified atom stereocenters. The first-order valence-electron chi connectivity index (χ1n) is 5.20. The van der Waals surface area contributed by atoms with Crippen LogP contribution in [-0.4, -0.2) is 15.5 Å². The van der Waals surface area contributed by atoms with Gasteiger partial charge in [0.2, 0.25) is 0 Å². The first-order valence-corrected chi connectivity index (χ1v) is 5.20. The van der Waals surface area contributed by atoms with Crippen molar-refractivity contribution >= 4 is 17.0 Å². The van der Waals surface area contributed by atoms with E-state index < -0.39 is 0 Å². The van der Waals surface area contributed by atoms with E-state index in [1.807, 2.05) is 31.5 Å². The molecular weight excluding hydrogens is 204 g/mol. The number of carbonyl (C=O) groups is 1. The van der Waals surface area contributed by atoms with E-state index in [4.69, 9.17) is 4.74 Å². The number of esters is 1. The van der Waals surface area contributed by atoms with Crippen molar-refractivity contribution in [3.05, 3.63) is 24.5 Å². The largest absolute Gasteiger partial charge is 0.426 e. The minimum atomic E-state index is -0.227. The van der Waals surface area contributed by atoms with Crippen LogP contribution in [0.3, 0.4) is 0 Å². The van der Waals surface area contributed by atoms with Gasteiger partial charge in [-0.3, -0.25) is 4.79 Å². The highest BCUT2D eigenvalue weighted by Gasteiger charge is 2.10. The number of hydrogen-bond acceptors (Lipinski definition) is 3. The van der Waals surface area contributed by atoms with E-state index in [2.05, 4.69) is 4.98 Å². The van der Waals surface area contributed by atoms with Crippen LogP contribution in [0.15, 0.2) is 24.5 Å². The third-order valence-corrected chi connectivity index (χ3v) is 2.39. The summed E-state index contributed by atoms with van der Waals surface area (Å²) in [5, 5.41) is 0. The molecule has 0 bridgehead atoms. The molecule has 2 rings (SSSR count). The van der Waals surface area contributed by atoms with Gasteiger partial charge in [0.1, 0.15) is 5.75 Å². The first-order chi connectivity index (χ1) is 7.58. The van der Waals surface area contributed by atoms with Crippen molar-refractivity contribution in [3.8, 4) is 5.75 Å². The van der Waals surface area contributed by atoms with Crippen molar-refractivity contribution in [3.63, 3.8) is 0 Å². The van der Waals surface area contributed by atoms with Gasteiger partial charge in [0, 0.05) is 13.1 Å². The van der Waals surface area contributed by atoms with Gasteiger partial charge >= 0.3 is 5.97 Å². The van der Waals surface area contributed by atoms with E-state index in [1.165, 1.54) is 0 Å². The molecule has 4 nitrogen and oxygen atoms in total. The summed E-state index contributed by atoms with van der Waals surface area (Å²) in [5.41, 5.74) is 1.85. The Morgan fingerprint density at radius 1 is 1.44 bits per heavy atom. The lowest BCUT2D eigenvalue weighted by Crippen LogP contribution is -2.14. The molecule has 0 radical (unpaired) electrons. The molecule has 0 N–H and O–H groups in total. The number of ether oxygens (including phenoxy) is 1. The van der Waals surface area contributed by atoms with E-state index in [1.54, 1.807) is 18.5 Å². The second kappa shape index (κ2) is 3.96. The molecule has 84 valence electrons. The molecule has 4 heteroatoms. The van der Waals surface area contributed by atoms with Crippen LogP contribution in [-0.2, 0) is 11.8 Å². The van der Waals surface area contributed by atoms with Gasteiger partial charge in [0.15, 0.2) is 0 Å². The Balaban J connectivity index is 2.30. The van der Waals surface area contributed by atoms with Crippen molar-refractivity contribution in [1.29, 1.82) is 0 Å². The van der Waals surface area contributed by atoms with Gasteiger partial charge in [0.05, 0.1) is 23.3 Å². The summed E-state index contributed by atoms with van der Waals surface area (Å²) in [5.74, 6) is 0.194. The Morgan fingerprint density at radius 2 is 2.19 bits per heavy atom. The molecular formula is C12H14N2O2. The van der Waals surface area contributed by atoms with Gasteiger partial charge in [-0.05, 0) is 12.1 Å². The third-order valence-electron chi connectivity index (χ3n) is 2.39. The molecule has 0 spiro atoms. The summed E-state index contributed by atoms with van der Waals surface area (Å²) in [4.78, 5) is 15.6. The van der Waals surface area contributed by atoms with Crippen molar-refractivity contribution in [2.24, 2.45) is 13.0 Å². The van der Waals surface area contributed by atoms with Gasteiger partial charge < -0.3 is 9.30 Å². The SMILES string of the molecule is CC(C)C(=O)Oc1ccc2c(c1)ncn2C. The van der Waals surface area contributed by atoms with Crippen LogP contribution < -0.4 is 4.74 Å². The second-order valence-corrected chi connectivity index (χ2v) is 4.08. The summed E-state index contributed by atoms with van der Waals surface area (Å²) in [7, 11) is 1.93. The Labute approximate surface area is 93.9 Å². The minimum Gasteiger partial charge on any atom is -0.426 e. The number of fused-ring (bicyclic) bond motifs is 1. The fourth-order valence-corrected chi connectivity index (χ4v) is 1.41. The number of benzene rings is 1. The number of imidazole rings is 1. The molecule has 0 atom stereocenters. The molecule has 0 saturated carbocycles. The fraction of sp³-hybridized carbons (Fsp3) is 0.333. The number of aryl methyl sites for hydroxylation is 1. The van der Waals surface area contributed by atoms with E-state index in [0.29, 0.717) is 5.75 Å². The minimum absolute atomic E-state index is 0.126. The van der Waals surface area contributed by atoms with Crippen LogP contribution in [0.25, 0.3) is 11.0 Å². The van der Waals surface area contributed by atoms with Gasteiger partial charge in [-0.2, -0.15) is 0 Å². The highest BCUT2D eigenvalue weighted by atomic mass is 16.5. The fourth-order valence-electron chi connectivity index (χ4n) is 1.41. The lowest BCUT2D eigenvalue weighted by molar-refractivity contribution is -0.137. The maximum absolute atomic E-state index is 11.4. The topological polar surface area (TPSA) is 44.1 Å². The van der Waals surface area contributed by atoms with Crippen molar-refractivity contribution in [2.75, 3.05) is 0 Å². The molecule has 2 aromatic rings. The van der Waals surface area contributed by atoms with Crippen LogP contribution in [0.5, 0.6) is 5.75 Å². The van der Waals surface area contributed by atoms with Crippen molar-refractivity contribution < 1.29 is 9.53 Å². The highest BCUT2D eigenvalue weighted by Crippen LogP contribution is 2.19. The van der Waals surface area contributed by atoms with E-state index in [-0.39, 0.29) is 11.9 Å². The number of carbonyl (C=O) groups excluding carboxylic acids is 1. The summed E-state index contributed by atoms with van der Waals surface area (Å²) >= 11 is 0. The van der Waals surface area contributed by atoms with Crippen LogP contribution in [0.4, 0.5) is 0 Å². The maximum Gasteiger partial charge on any atom is 0.313 e. The number of nitrogens with zero attached hydrogens (tertiary/aromatic N) is 2. The van der Waals surface area contributed by atoms with Crippen LogP contribution in [0.1, 0.15) is 13.8 Å². The van der Waals surface area contributed by atoms with Gasteiger partial charge in [0.25, 0.3) is 0 Å². The third kappa shape index (κ3) is 1.91. The standard InChI is InChI=1S/C12H14N2O2/c1-8(2)12(15)16-9-4-5-11-10(6-9)13-7-14(11)3/h4-8H,1-3H3. The summed E-state index contributed by atoms with van der Waals surface area (Å²) < 4.78 is 7.12. The Kier molecular flexibility index (Phi) is 2.64. The zero-order chi connectivity index (χ0) is 11.7. The molecule has 0 fully saturated rings. The number of hydrogen-bond donors (Lipinski definition) is 0. The number of rotatable bonds is 2. The van der Waals surface area contributed by atoms with Crippen LogP contribution >= 0.6 is 0 Å². The summed E-state index contributed by atoms with van der Waals surface area (Å²) in [6, 6.07) is 5.45. The monoisotopic (exact) mass is 218 g/mol. The molecule has 0 saturated heterocycles. The molecule has 0 amide bonds. The lowest BCUT2D eigenvalue weighted by Gasteiger charge is -2.06. The van der Waals surface area contributed by atoms with E-state index in [9.17, 15) is 4.79 Å². The Bertz CT molecular complexity index is 529. The zero-order valence-electron chi connectivity index (χ0n) is 9.60. The molecule has 1 aromatic carbocycles. The van der Waals surface area contributed by atoms with Crippen LogP contribution in [0.2, 0.25) is 0 Å². The maximum atomic E-state index is 11.4. The van der Waals surface area contributed by atoms with Gasteiger partial charge in [-0.1, -0.05) is 13.8 Å². The normalized spacial score (nSPS) is 11.0. The Hall–Kier alpha value is -1.84. The Morgan fingerprint density at radius 3 is 2.88 bits per heavy atom. The van der Waals surface area contributed by atoms with Gasteiger partial charge in [-0.25, -0.2) is 4.98 Å². The predicted molar refractivity (Wildman–Crippen MR) is 61.2 cm³/mol.